The number of fused-ring (bicyclic) bond motifs is 3. The van der Waals surface area contributed by atoms with Gasteiger partial charge in [-0.05, 0) is 42.5 Å². The van der Waals surface area contributed by atoms with Crippen molar-refractivity contribution >= 4 is 23.8 Å². The molecule has 0 atom stereocenters. The lowest BCUT2D eigenvalue weighted by Gasteiger charge is -2.25. The Bertz CT molecular complexity index is 1230. The van der Waals surface area contributed by atoms with Gasteiger partial charge in [0.15, 0.2) is 0 Å². The number of nitrogens with one attached hydrogen (secondary N) is 2. The second kappa shape index (κ2) is 9.61. The number of aromatic nitrogens is 2. The monoisotopic (exact) mass is 476 g/mol. The van der Waals surface area contributed by atoms with Crippen LogP contribution in [-0.2, 0) is 16.6 Å². The average molecular weight is 477 g/mol. The van der Waals surface area contributed by atoms with Gasteiger partial charge in [-0.25, -0.2) is 4.79 Å². The highest BCUT2D eigenvalue weighted by Crippen LogP contribution is 2.44. The number of anilines is 1. The van der Waals surface area contributed by atoms with Gasteiger partial charge >= 0.3 is 12.1 Å². The molecule has 35 heavy (non-hydrogen) atoms. The van der Waals surface area contributed by atoms with Crippen molar-refractivity contribution in [2.75, 3.05) is 11.9 Å². The largest absolute Gasteiger partial charge is 0.481 e. The molecule has 0 unspecified atom stereocenters. The maximum atomic E-state index is 12.9. The maximum absolute atomic E-state index is 12.9. The first-order chi connectivity index (χ1) is 16.7. The quantitative estimate of drug-likeness (QED) is 0.449. The number of carboxylic acids is 1. The van der Waals surface area contributed by atoms with Crippen LogP contribution in [0, 0.1) is 0 Å². The smallest absolute Gasteiger partial charge is 0.412 e. The van der Waals surface area contributed by atoms with Crippen LogP contribution in [0.25, 0.3) is 11.1 Å². The van der Waals surface area contributed by atoms with Gasteiger partial charge in [0.1, 0.15) is 18.0 Å². The summed E-state index contributed by atoms with van der Waals surface area (Å²) in [5, 5.41) is 18.4. The van der Waals surface area contributed by atoms with Crippen LogP contribution in [0.5, 0.6) is 0 Å². The molecule has 1 aromatic heterocycles. The molecule has 0 bridgehead atoms. The number of carbonyl (C=O) groups excluding carboxylic acids is 2. The third-order valence-electron chi connectivity index (χ3n) is 6.16. The molecule has 2 amide bonds. The summed E-state index contributed by atoms with van der Waals surface area (Å²) in [5.41, 5.74) is 3.87. The van der Waals surface area contributed by atoms with Crippen molar-refractivity contribution in [3.63, 3.8) is 0 Å². The fourth-order valence-corrected chi connectivity index (χ4v) is 4.34. The number of carboxylic acid groups (broad SMARTS) is 1. The maximum Gasteiger partial charge on any atom is 0.412 e. The van der Waals surface area contributed by atoms with E-state index in [1.54, 1.807) is 20.9 Å². The number of rotatable bonds is 8. The summed E-state index contributed by atoms with van der Waals surface area (Å²) >= 11 is 0. The van der Waals surface area contributed by atoms with Crippen LogP contribution in [0.2, 0.25) is 0 Å². The number of aryl methyl sites for hydroxylation is 1. The molecule has 4 rings (SSSR count). The fourth-order valence-electron chi connectivity index (χ4n) is 4.34. The minimum atomic E-state index is -0.939. The first-order valence-corrected chi connectivity index (χ1v) is 11.3. The summed E-state index contributed by atoms with van der Waals surface area (Å²) in [4.78, 5) is 36.5. The summed E-state index contributed by atoms with van der Waals surface area (Å²) in [6.45, 7) is 3.62. The molecule has 3 aromatic rings. The van der Waals surface area contributed by atoms with Crippen molar-refractivity contribution in [1.82, 2.24) is 15.1 Å². The van der Waals surface area contributed by atoms with E-state index in [0.29, 0.717) is 0 Å². The van der Waals surface area contributed by atoms with Crippen LogP contribution in [0.15, 0.2) is 54.7 Å². The highest BCUT2D eigenvalue weighted by molar-refractivity contribution is 6.02. The molecule has 1 aliphatic carbocycles. The molecule has 0 fully saturated rings. The van der Waals surface area contributed by atoms with Crippen LogP contribution in [0.3, 0.4) is 0 Å². The summed E-state index contributed by atoms with van der Waals surface area (Å²) in [5.74, 6) is -1.31. The van der Waals surface area contributed by atoms with Crippen LogP contribution >= 0.6 is 0 Å². The molecule has 0 spiro atoms. The Balaban J connectivity index is 1.43. The van der Waals surface area contributed by atoms with Crippen LogP contribution in [0.4, 0.5) is 10.6 Å². The Morgan fingerprint density at radius 3 is 2.26 bits per heavy atom. The van der Waals surface area contributed by atoms with Crippen molar-refractivity contribution < 1.29 is 24.2 Å². The van der Waals surface area contributed by atoms with E-state index in [1.807, 2.05) is 36.4 Å². The van der Waals surface area contributed by atoms with Crippen molar-refractivity contribution in [3.05, 3.63) is 71.4 Å². The molecule has 0 saturated heterocycles. The van der Waals surface area contributed by atoms with E-state index < -0.39 is 23.5 Å². The van der Waals surface area contributed by atoms with Crippen LogP contribution in [0.1, 0.15) is 54.1 Å². The van der Waals surface area contributed by atoms with E-state index in [2.05, 4.69) is 27.9 Å². The van der Waals surface area contributed by atoms with E-state index in [0.717, 1.165) is 22.3 Å². The second-order valence-corrected chi connectivity index (χ2v) is 9.21. The van der Waals surface area contributed by atoms with E-state index >= 15 is 0 Å². The number of hydrogen-bond acceptors (Lipinski definition) is 5. The summed E-state index contributed by atoms with van der Waals surface area (Å²) in [6, 6.07) is 16.1. The van der Waals surface area contributed by atoms with Crippen molar-refractivity contribution in [2.24, 2.45) is 7.05 Å². The van der Waals surface area contributed by atoms with E-state index in [1.165, 1.54) is 10.9 Å². The number of benzene rings is 2. The van der Waals surface area contributed by atoms with Gasteiger partial charge in [-0.15, -0.1) is 0 Å². The lowest BCUT2D eigenvalue weighted by Crippen LogP contribution is -2.43. The van der Waals surface area contributed by atoms with Crippen molar-refractivity contribution in [2.45, 2.75) is 38.1 Å². The van der Waals surface area contributed by atoms with Gasteiger partial charge in [0.25, 0.3) is 5.91 Å². The fraction of sp³-hybridized carbons (Fsp3) is 0.308. The van der Waals surface area contributed by atoms with Crippen LogP contribution in [-0.4, -0.2) is 45.0 Å². The standard InChI is InChI=1S/C26H28N4O5/c1-26(2,13-12-22(31)32)29-24(33)20-14-27-30(3)23(20)28-25(34)35-15-21-18-10-6-4-8-16(18)17-9-5-7-11-19(17)21/h4-11,14,21H,12-13,15H2,1-3H3,(H,28,34)(H,29,33)(H,31,32). The van der Waals surface area contributed by atoms with E-state index in [9.17, 15) is 14.4 Å². The van der Waals surface area contributed by atoms with Crippen LogP contribution < -0.4 is 10.6 Å². The summed E-state index contributed by atoms with van der Waals surface area (Å²) in [6.07, 6.45) is 0.825. The topological polar surface area (TPSA) is 123 Å². The third-order valence-corrected chi connectivity index (χ3v) is 6.16. The first kappa shape index (κ1) is 24.0. The third kappa shape index (κ3) is 5.18. The van der Waals surface area contributed by atoms with Crippen molar-refractivity contribution in [1.29, 1.82) is 0 Å². The summed E-state index contributed by atoms with van der Waals surface area (Å²) < 4.78 is 6.96. The Morgan fingerprint density at radius 1 is 1.06 bits per heavy atom. The number of amides is 2. The number of aliphatic carboxylic acids is 1. The Morgan fingerprint density at radius 2 is 1.66 bits per heavy atom. The average Bonchev–Trinajstić information content (AvgIpc) is 3.34. The number of ether oxygens (including phenoxy) is 1. The van der Waals surface area contributed by atoms with Gasteiger partial charge in [0.2, 0.25) is 0 Å². The van der Waals surface area contributed by atoms with Gasteiger partial charge in [0.05, 0.1) is 6.20 Å². The molecule has 3 N–H and O–H groups in total. The van der Waals surface area contributed by atoms with Gasteiger partial charge < -0.3 is 15.2 Å². The lowest BCUT2D eigenvalue weighted by atomic mass is 9.98. The lowest BCUT2D eigenvalue weighted by molar-refractivity contribution is -0.137. The number of carbonyl (C=O) groups is 3. The first-order valence-electron chi connectivity index (χ1n) is 11.3. The van der Waals surface area contributed by atoms with Gasteiger partial charge in [-0.1, -0.05) is 48.5 Å². The zero-order chi connectivity index (χ0) is 25.2. The van der Waals surface area contributed by atoms with E-state index in [-0.39, 0.29) is 36.7 Å². The van der Waals surface area contributed by atoms with Crippen molar-refractivity contribution in [3.8, 4) is 11.1 Å². The number of hydrogen-bond donors (Lipinski definition) is 3. The minimum Gasteiger partial charge on any atom is -0.481 e. The minimum absolute atomic E-state index is 0.0782. The molecule has 9 nitrogen and oxygen atoms in total. The van der Waals surface area contributed by atoms with E-state index in [4.69, 9.17) is 9.84 Å². The predicted molar refractivity (Wildman–Crippen MR) is 130 cm³/mol. The Hall–Kier alpha value is -4.14. The Kier molecular flexibility index (Phi) is 6.59. The normalized spacial score (nSPS) is 12.5. The Labute approximate surface area is 203 Å². The SMILES string of the molecule is Cn1ncc(C(=O)NC(C)(C)CCC(=O)O)c1NC(=O)OCC1c2ccccc2-c2ccccc21. The highest BCUT2D eigenvalue weighted by Gasteiger charge is 2.30. The molecule has 0 aliphatic heterocycles. The molecule has 0 radical (unpaired) electrons. The zero-order valence-electron chi connectivity index (χ0n) is 19.9. The molecule has 182 valence electrons. The van der Waals surface area contributed by atoms with Gasteiger partial charge in [-0.2, -0.15) is 5.10 Å². The highest BCUT2D eigenvalue weighted by atomic mass is 16.5. The predicted octanol–water partition coefficient (Wildman–Crippen LogP) is 4.15. The zero-order valence-corrected chi connectivity index (χ0v) is 19.9. The molecule has 1 aliphatic rings. The molecule has 1 heterocycles. The molecular weight excluding hydrogens is 448 g/mol. The molecule has 0 saturated carbocycles. The summed E-state index contributed by atoms with van der Waals surface area (Å²) in [7, 11) is 1.60. The van der Waals surface area contributed by atoms with Gasteiger partial charge in [-0.3, -0.25) is 19.6 Å². The second-order valence-electron chi connectivity index (χ2n) is 9.21. The van der Waals surface area contributed by atoms with Gasteiger partial charge in [0, 0.05) is 24.9 Å². The molecule has 2 aromatic carbocycles. The molecule has 9 heteroatoms. The number of nitrogens with zero attached hydrogens (tertiary/aromatic N) is 2. The molecular formula is C26H28N4O5.